The second kappa shape index (κ2) is 5.31. The van der Waals surface area contributed by atoms with Crippen LogP contribution in [0.4, 0.5) is 18.9 Å². The maximum atomic E-state index is 12.3. The lowest BCUT2D eigenvalue weighted by atomic mass is 10.1. The van der Waals surface area contributed by atoms with Crippen molar-refractivity contribution in [2.75, 3.05) is 5.73 Å². The molecule has 0 spiro atoms. The lowest BCUT2D eigenvalue weighted by Crippen LogP contribution is -2.17. The summed E-state index contributed by atoms with van der Waals surface area (Å²) >= 11 is 0. The van der Waals surface area contributed by atoms with Crippen molar-refractivity contribution in [1.82, 2.24) is 9.97 Å². The Morgan fingerprint density at radius 2 is 1.87 bits per heavy atom. The largest absolute Gasteiger partial charge is 0.573 e. The molecular formula is C15H10F3N3O2. The van der Waals surface area contributed by atoms with E-state index in [0.29, 0.717) is 11.0 Å². The first-order valence-electron chi connectivity index (χ1n) is 6.48. The summed E-state index contributed by atoms with van der Waals surface area (Å²) in [5.41, 5.74) is 6.33. The van der Waals surface area contributed by atoms with Gasteiger partial charge in [-0.2, -0.15) is 0 Å². The molecule has 0 bridgehead atoms. The molecule has 0 aliphatic rings. The number of hydrogen-bond donors (Lipinski definition) is 2. The fraction of sp³-hybridized carbons (Fsp3) is 0.0667. The lowest BCUT2D eigenvalue weighted by molar-refractivity contribution is -0.274. The van der Waals surface area contributed by atoms with E-state index in [4.69, 9.17) is 5.73 Å². The van der Waals surface area contributed by atoms with Gasteiger partial charge in [-0.25, -0.2) is 4.98 Å². The smallest absolute Gasteiger partial charge is 0.406 e. The van der Waals surface area contributed by atoms with Gasteiger partial charge in [-0.05, 0) is 30.3 Å². The Labute approximate surface area is 127 Å². The standard InChI is InChI=1S/C15H10F3N3O2/c16-15(17,18)23-8-5-6-10(19)9(7-8)13-14(22)21-12-4-2-1-3-11(12)20-13/h1-7H,19H2,(H,21,22). The molecule has 5 nitrogen and oxygen atoms in total. The Kier molecular flexibility index (Phi) is 3.44. The molecule has 0 fully saturated rings. The SMILES string of the molecule is Nc1ccc(OC(F)(F)F)cc1-c1nc2ccccc2[nH]c1=O. The molecule has 0 amide bonds. The number of hydrogen-bond acceptors (Lipinski definition) is 4. The van der Waals surface area contributed by atoms with Crippen molar-refractivity contribution in [3.8, 4) is 17.0 Å². The van der Waals surface area contributed by atoms with Gasteiger partial charge >= 0.3 is 6.36 Å². The summed E-state index contributed by atoms with van der Waals surface area (Å²) in [5.74, 6) is -0.476. The number of ether oxygens (including phenoxy) is 1. The molecule has 2 aromatic carbocycles. The highest BCUT2D eigenvalue weighted by Gasteiger charge is 2.31. The lowest BCUT2D eigenvalue weighted by Gasteiger charge is -2.11. The number of nitrogens with one attached hydrogen (secondary N) is 1. The quantitative estimate of drug-likeness (QED) is 0.711. The van der Waals surface area contributed by atoms with E-state index < -0.39 is 17.7 Å². The van der Waals surface area contributed by atoms with Crippen LogP contribution in [0.3, 0.4) is 0 Å². The van der Waals surface area contributed by atoms with Gasteiger partial charge in [0.1, 0.15) is 11.4 Å². The zero-order valence-corrected chi connectivity index (χ0v) is 11.5. The maximum Gasteiger partial charge on any atom is 0.573 e. The molecule has 3 aromatic rings. The number of fused-ring (bicyclic) bond motifs is 1. The third kappa shape index (κ3) is 3.10. The molecular weight excluding hydrogens is 311 g/mol. The molecule has 3 rings (SSSR count). The average molecular weight is 321 g/mol. The first kappa shape index (κ1) is 14.9. The number of nitrogens with zero attached hydrogens (tertiary/aromatic N) is 1. The zero-order valence-electron chi connectivity index (χ0n) is 11.5. The molecule has 1 aromatic heterocycles. The van der Waals surface area contributed by atoms with Crippen molar-refractivity contribution in [2.45, 2.75) is 6.36 Å². The highest BCUT2D eigenvalue weighted by Crippen LogP contribution is 2.30. The van der Waals surface area contributed by atoms with E-state index >= 15 is 0 Å². The number of anilines is 1. The van der Waals surface area contributed by atoms with Gasteiger partial charge in [-0.15, -0.1) is 13.2 Å². The van der Waals surface area contributed by atoms with Crippen LogP contribution in [0, 0.1) is 0 Å². The molecule has 3 N–H and O–H groups in total. The highest BCUT2D eigenvalue weighted by molar-refractivity contribution is 5.80. The van der Waals surface area contributed by atoms with Crippen LogP contribution < -0.4 is 16.0 Å². The first-order chi connectivity index (χ1) is 10.8. The number of halogens is 3. The summed E-state index contributed by atoms with van der Waals surface area (Å²) in [5, 5.41) is 0. The summed E-state index contributed by atoms with van der Waals surface area (Å²) < 4.78 is 40.8. The predicted octanol–water partition coefficient (Wildman–Crippen LogP) is 3.07. The van der Waals surface area contributed by atoms with Crippen LogP contribution >= 0.6 is 0 Å². The monoisotopic (exact) mass is 321 g/mol. The second-order valence-corrected chi connectivity index (χ2v) is 4.73. The van der Waals surface area contributed by atoms with E-state index in [2.05, 4.69) is 14.7 Å². The Balaban J connectivity index is 2.16. The summed E-state index contributed by atoms with van der Waals surface area (Å²) in [6.45, 7) is 0. The topological polar surface area (TPSA) is 81.0 Å². The predicted molar refractivity (Wildman–Crippen MR) is 78.9 cm³/mol. The summed E-state index contributed by atoms with van der Waals surface area (Å²) in [4.78, 5) is 18.9. The van der Waals surface area contributed by atoms with Crippen molar-refractivity contribution in [2.24, 2.45) is 0 Å². The molecule has 0 saturated carbocycles. The molecule has 1 heterocycles. The maximum absolute atomic E-state index is 12.3. The number of aromatic nitrogens is 2. The molecule has 0 radical (unpaired) electrons. The van der Waals surface area contributed by atoms with Gasteiger partial charge in [0.05, 0.1) is 11.0 Å². The number of nitrogens with two attached hydrogens (primary N) is 1. The molecule has 0 aliphatic heterocycles. The van der Waals surface area contributed by atoms with Gasteiger partial charge in [0.15, 0.2) is 0 Å². The third-order valence-corrected chi connectivity index (χ3v) is 3.11. The zero-order chi connectivity index (χ0) is 16.6. The van der Waals surface area contributed by atoms with Crippen LogP contribution in [0.2, 0.25) is 0 Å². The van der Waals surface area contributed by atoms with E-state index in [-0.39, 0.29) is 16.9 Å². The minimum Gasteiger partial charge on any atom is -0.406 e. The first-order valence-corrected chi connectivity index (χ1v) is 6.48. The number of H-pyrrole nitrogens is 1. The Hall–Kier alpha value is -3.03. The Morgan fingerprint density at radius 3 is 2.61 bits per heavy atom. The Morgan fingerprint density at radius 1 is 1.13 bits per heavy atom. The van der Waals surface area contributed by atoms with E-state index in [1.807, 2.05) is 0 Å². The van der Waals surface area contributed by atoms with E-state index in [9.17, 15) is 18.0 Å². The number of benzene rings is 2. The van der Waals surface area contributed by atoms with Crippen molar-refractivity contribution in [3.63, 3.8) is 0 Å². The van der Waals surface area contributed by atoms with Crippen molar-refractivity contribution in [1.29, 1.82) is 0 Å². The van der Waals surface area contributed by atoms with Crippen LogP contribution in [-0.2, 0) is 0 Å². The van der Waals surface area contributed by atoms with Gasteiger partial charge in [-0.3, -0.25) is 4.79 Å². The number of aromatic amines is 1. The van der Waals surface area contributed by atoms with E-state index in [0.717, 1.165) is 12.1 Å². The van der Waals surface area contributed by atoms with Gasteiger partial charge < -0.3 is 15.5 Å². The third-order valence-electron chi connectivity index (χ3n) is 3.11. The number of alkyl halides is 3. The number of rotatable bonds is 2. The molecule has 23 heavy (non-hydrogen) atoms. The second-order valence-electron chi connectivity index (χ2n) is 4.73. The summed E-state index contributed by atoms with van der Waals surface area (Å²) in [6.07, 6.45) is -4.84. The van der Waals surface area contributed by atoms with Crippen molar-refractivity contribution in [3.05, 3.63) is 52.8 Å². The average Bonchev–Trinajstić information content (AvgIpc) is 2.47. The van der Waals surface area contributed by atoms with Crippen LogP contribution in [0.5, 0.6) is 5.75 Å². The van der Waals surface area contributed by atoms with E-state index in [1.165, 1.54) is 6.07 Å². The number of para-hydroxylation sites is 2. The van der Waals surface area contributed by atoms with Crippen LogP contribution in [0.25, 0.3) is 22.3 Å². The molecule has 0 aliphatic carbocycles. The van der Waals surface area contributed by atoms with E-state index in [1.54, 1.807) is 24.3 Å². The van der Waals surface area contributed by atoms with Crippen LogP contribution in [0.1, 0.15) is 0 Å². The molecule has 0 atom stereocenters. The Bertz CT molecular complexity index is 935. The van der Waals surface area contributed by atoms with Crippen LogP contribution in [-0.4, -0.2) is 16.3 Å². The fourth-order valence-electron chi connectivity index (χ4n) is 2.15. The summed E-state index contributed by atoms with van der Waals surface area (Å²) in [7, 11) is 0. The van der Waals surface area contributed by atoms with Crippen molar-refractivity contribution >= 4 is 16.7 Å². The van der Waals surface area contributed by atoms with Gasteiger partial charge in [0.2, 0.25) is 0 Å². The van der Waals surface area contributed by atoms with Crippen LogP contribution in [0.15, 0.2) is 47.3 Å². The van der Waals surface area contributed by atoms with Gasteiger partial charge in [-0.1, -0.05) is 12.1 Å². The minimum absolute atomic E-state index is 0.0683. The number of nitrogen functional groups attached to an aromatic ring is 1. The highest BCUT2D eigenvalue weighted by atomic mass is 19.4. The molecule has 8 heteroatoms. The molecule has 118 valence electrons. The minimum atomic E-state index is -4.84. The summed E-state index contributed by atoms with van der Waals surface area (Å²) in [6, 6.07) is 10.1. The normalized spacial score (nSPS) is 11.6. The van der Waals surface area contributed by atoms with Crippen molar-refractivity contribution < 1.29 is 17.9 Å². The van der Waals surface area contributed by atoms with Gasteiger partial charge in [0, 0.05) is 11.3 Å². The van der Waals surface area contributed by atoms with Gasteiger partial charge in [0.25, 0.3) is 5.56 Å². The fourth-order valence-corrected chi connectivity index (χ4v) is 2.15. The molecule has 0 saturated heterocycles. The molecule has 0 unspecified atom stereocenters.